The number of hydrogen-bond acceptors (Lipinski definition) is 7. The van der Waals surface area contributed by atoms with Crippen LogP contribution in [0.5, 0.6) is 0 Å². The van der Waals surface area contributed by atoms with Gasteiger partial charge in [0.1, 0.15) is 17.8 Å². The Bertz CT molecular complexity index is 1260. The lowest BCUT2D eigenvalue weighted by molar-refractivity contribution is 0.100. The Labute approximate surface area is 193 Å². The molecule has 0 radical (unpaired) electrons. The third kappa shape index (κ3) is 4.35. The molecule has 2 aliphatic carbocycles. The molecule has 0 saturated heterocycles. The van der Waals surface area contributed by atoms with E-state index in [9.17, 15) is 13.5 Å². The molecule has 0 bridgehead atoms. The van der Waals surface area contributed by atoms with E-state index in [4.69, 9.17) is 9.32 Å². The molecule has 0 unspecified atom stereocenters. The first-order valence-corrected chi connectivity index (χ1v) is 12.8. The van der Waals surface area contributed by atoms with Crippen molar-refractivity contribution in [1.29, 1.82) is 0 Å². The first-order chi connectivity index (χ1) is 15.8. The topological polar surface area (TPSA) is 132 Å². The van der Waals surface area contributed by atoms with Crippen LogP contribution in [0.3, 0.4) is 0 Å². The van der Waals surface area contributed by atoms with Gasteiger partial charge in [0.05, 0.1) is 24.1 Å². The molecule has 1 aromatic carbocycles. The molecular formula is C23H29N5O4S. The normalized spacial score (nSPS) is 27.2. The van der Waals surface area contributed by atoms with Crippen LogP contribution in [-0.4, -0.2) is 40.8 Å². The largest absolute Gasteiger partial charge is 0.393 e. The maximum atomic E-state index is 11.1. The summed E-state index contributed by atoms with van der Waals surface area (Å²) in [5.41, 5.74) is 3.50. The van der Waals surface area contributed by atoms with Crippen LogP contribution in [0.2, 0.25) is 0 Å². The van der Waals surface area contributed by atoms with Crippen molar-refractivity contribution in [2.75, 3.05) is 11.9 Å². The van der Waals surface area contributed by atoms with E-state index in [1.807, 2.05) is 16.8 Å². The van der Waals surface area contributed by atoms with Crippen molar-refractivity contribution in [3.8, 4) is 0 Å². The maximum Gasteiger partial charge on any atom is 0.333 e. The van der Waals surface area contributed by atoms with Crippen molar-refractivity contribution >= 4 is 27.2 Å². The molecule has 0 amide bonds. The fourth-order valence-corrected chi connectivity index (χ4v) is 5.81. The highest BCUT2D eigenvalue weighted by Crippen LogP contribution is 2.41. The van der Waals surface area contributed by atoms with E-state index in [0.717, 1.165) is 29.7 Å². The van der Waals surface area contributed by atoms with E-state index >= 15 is 0 Å². The predicted octanol–water partition coefficient (Wildman–Crippen LogP) is 2.70. The van der Waals surface area contributed by atoms with Crippen LogP contribution in [0.25, 0.3) is 11.0 Å². The number of aromatic nitrogens is 3. The predicted molar refractivity (Wildman–Crippen MR) is 125 cm³/mol. The summed E-state index contributed by atoms with van der Waals surface area (Å²) in [6, 6.07) is 10.7. The Morgan fingerprint density at radius 1 is 1.21 bits per heavy atom. The van der Waals surface area contributed by atoms with Gasteiger partial charge >= 0.3 is 10.3 Å². The van der Waals surface area contributed by atoms with Gasteiger partial charge in [-0.3, -0.25) is 4.18 Å². The molecule has 3 aromatic rings. The molecule has 176 valence electrons. The molecule has 5 rings (SSSR count). The minimum atomic E-state index is -4.03. The van der Waals surface area contributed by atoms with Crippen LogP contribution in [0.15, 0.2) is 42.9 Å². The second-order valence-electron chi connectivity index (χ2n) is 9.11. The summed E-state index contributed by atoms with van der Waals surface area (Å²) in [5, 5.41) is 20.0. The smallest absolute Gasteiger partial charge is 0.333 e. The van der Waals surface area contributed by atoms with Crippen molar-refractivity contribution in [2.45, 2.75) is 50.8 Å². The zero-order chi connectivity index (χ0) is 23.2. The molecule has 2 heterocycles. The molecule has 1 saturated carbocycles. The molecule has 0 spiro atoms. The molecule has 0 aliphatic heterocycles. The fourth-order valence-electron chi connectivity index (χ4n) is 5.44. The lowest BCUT2D eigenvalue weighted by atomic mass is 9.98. The summed E-state index contributed by atoms with van der Waals surface area (Å²) in [5.74, 6) is 0.983. The van der Waals surface area contributed by atoms with Crippen molar-refractivity contribution in [2.24, 2.45) is 17.0 Å². The van der Waals surface area contributed by atoms with Gasteiger partial charge < -0.3 is 15.0 Å². The fraction of sp³-hybridized carbons (Fsp3) is 0.478. The van der Waals surface area contributed by atoms with Gasteiger partial charge in [-0.15, -0.1) is 0 Å². The maximum absolute atomic E-state index is 11.1. The monoisotopic (exact) mass is 471 g/mol. The van der Waals surface area contributed by atoms with Crippen LogP contribution in [-0.2, 0) is 20.9 Å². The van der Waals surface area contributed by atoms with Gasteiger partial charge in [-0.25, -0.2) is 15.1 Å². The van der Waals surface area contributed by atoms with Gasteiger partial charge in [0.25, 0.3) is 0 Å². The zero-order valence-corrected chi connectivity index (χ0v) is 19.3. The van der Waals surface area contributed by atoms with Crippen LogP contribution in [0, 0.1) is 11.8 Å². The molecule has 33 heavy (non-hydrogen) atoms. The second-order valence-corrected chi connectivity index (χ2v) is 10.3. The molecule has 10 heteroatoms. The number of nitrogens with one attached hydrogen (secondary N) is 1. The number of anilines is 1. The third-order valence-electron chi connectivity index (χ3n) is 7.14. The molecule has 2 aliphatic rings. The summed E-state index contributed by atoms with van der Waals surface area (Å²) >= 11 is 0. The number of nitrogens with two attached hydrogens (primary N) is 1. The lowest BCUT2D eigenvalue weighted by Gasteiger charge is -2.22. The summed E-state index contributed by atoms with van der Waals surface area (Å²) in [4.78, 5) is 9.08. The van der Waals surface area contributed by atoms with E-state index in [2.05, 4.69) is 46.5 Å². The Morgan fingerprint density at radius 3 is 2.82 bits per heavy atom. The van der Waals surface area contributed by atoms with E-state index in [1.54, 1.807) is 6.33 Å². The minimum absolute atomic E-state index is 0.0232. The number of hydrogen-bond donors (Lipinski definition) is 3. The highest BCUT2D eigenvalue weighted by molar-refractivity contribution is 7.84. The Hall–Kier alpha value is -2.53. The van der Waals surface area contributed by atoms with Crippen molar-refractivity contribution in [3.05, 3.63) is 54.0 Å². The summed E-state index contributed by atoms with van der Waals surface area (Å²) in [6.45, 7) is 2.09. The summed E-state index contributed by atoms with van der Waals surface area (Å²) in [6.07, 6.45) is 6.05. The van der Waals surface area contributed by atoms with Crippen molar-refractivity contribution in [1.82, 2.24) is 14.5 Å². The Kier molecular flexibility index (Phi) is 5.86. The van der Waals surface area contributed by atoms with E-state index < -0.39 is 16.4 Å². The number of rotatable bonds is 7. The number of aliphatic hydroxyl groups is 1. The average molecular weight is 472 g/mol. The summed E-state index contributed by atoms with van der Waals surface area (Å²) < 4.78 is 29.0. The highest BCUT2D eigenvalue weighted by Gasteiger charge is 2.36. The first kappa shape index (κ1) is 22.3. The molecule has 5 atom stereocenters. The molecule has 2 aromatic heterocycles. The third-order valence-corrected chi connectivity index (χ3v) is 7.61. The number of fused-ring (bicyclic) bond motifs is 2. The Morgan fingerprint density at radius 2 is 2.03 bits per heavy atom. The summed E-state index contributed by atoms with van der Waals surface area (Å²) in [7, 11) is -4.03. The van der Waals surface area contributed by atoms with Crippen LogP contribution in [0.4, 0.5) is 5.82 Å². The van der Waals surface area contributed by atoms with Gasteiger partial charge in [0.2, 0.25) is 0 Å². The van der Waals surface area contributed by atoms with E-state index in [1.165, 1.54) is 11.1 Å². The molecule has 9 nitrogen and oxygen atoms in total. The SMILES string of the molecule is CC[C@H]1Cc2ccccc2[C@H]1Nc1ncnc2c1ccn2[C@H]1C[C@H](COS(N)(=O)=O)[C@H](O)C1. The van der Waals surface area contributed by atoms with Crippen LogP contribution >= 0.6 is 0 Å². The zero-order valence-electron chi connectivity index (χ0n) is 18.5. The lowest BCUT2D eigenvalue weighted by Crippen LogP contribution is -2.24. The quantitative estimate of drug-likeness (QED) is 0.483. The van der Waals surface area contributed by atoms with Crippen molar-refractivity contribution in [3.63, 3.8) is 0 Å². The van der Waals surface area contributed by atoms with Gasteiger partial charge in [-0.05, 0) is 42.4 Å². The molecule has 4 N–H and O–H groups in total. The number of benzene rings is 1. The van der Waals surface area contributed by atoms with Gasteiger partial charge in [0, 0.05) is 18.2 Å². The van der Waals surface area contributed by atoms with Crippen LogP contribution in [0.1, 0.15) is 49.4 Å². The van der Waals surface area contributed by atoms with Gasteiger partial charge in [0.15, 0.2) is 0 Å². The second kappa shape index (κ2) is 8.68. The molecular weight excluding hydrogens is 442 g/mol. The number of aliphatic hydroxyl groups excluding tert-OH is 1. The van der Waals surface area contributed by atoms with Crippen LogP contribution < -0.4 is 10.5 Å². The van der Waals surface area contributed by atoms with Gasteiger partial charge in [-0.2, -0.15) is 8.42 Å². The number of nitrogens with zero attached hydrogens (tertiary/aromatic N) is 3. The highest BCUT2D eigenvalue weighted by atomic mass is 32.2. The standard InChI is InChI=1S/C23H29N5O4S/c1-2-14-9-15-5-3-4-6-18(15)21(14)27-22-19-7-8-28(23(19)26-13-25-22)17-10-16(20(29)11-17)12-32-33(24,30)31/h3-8,13-14,16-17,20-21,29H,2,9-12H2,1H3,(H2,24,30,31)(H,25,26,27)/t14-,16+,17-,20+,21-/m0/s1. The van der Waals surface area contributed by atoms with Crippen molar-refractivity contribution < 1.29 is 17.7 Å². The minimum Gasteiger partial charge on any atom is -0.393 e. The van der Waals surface area contributed by atoms with E-state index in [-0.39, 0.29) is 24.6 Å². The van der Waals surface area contributed by atoms with Gasteiger partial charge in [-0.1, -0.05) is 37.6 Å². The van der Waals surface area contributed by atoms with E-state index in [0.29, 0.717) is 18.8 Å². The Balaban J connectivity index is 1.39. The molecule has 1 fully saturated rings. The first-order valence-electron chi connectivity index (χ1n) is 11.3. The average Bonchev–Trinajstić information content (AvgIpc) is 3.47.